The normalized spacial score (nSPS) is 20.2. The fourth-order valence-corrected chi connectivity index (χ4v) is 5.44. The molecule has 2 aromatic rings. The van der Waals surface area contributed by atoms with E-state index in [1.807, 2.05) is 6.92 Å². The maximum Gasteiger partial charge on any atom is 0.416 e. The summed E-state index contributed by atoms with van der Waals surface area (Å²) in [4.78, 5) is 43.0. The van der Waals surface area contributed by atoms with Crippen molar-refractivity contribution in [1.29, 1.82) is 0 Å². The van der Waals surface area contributed by atoms with Crippen molar-refractivity contribution in [3.05, 3.63) is 70.8 Å². The molecule has 4 rings (SSSR count). The van der Waals surface area contributed by atoms with Crippen LogP contribution in [0, 0.1) is 5.92 Å². The van der Waals surface area contributed by atoms with Crippen molar-refractivity contribution in [3.63, 3.8) is 0 Å². The first-order valence-corrected chi connectivity index (χ1v) is 13.2. The number of rotatable bonds is 9. The molecule has 39 heavy (non-hydrogen) atoms. The minimum Gasteiger partial charge on any atom is -0.481 e. The minimum absolute atomic E-state index is 0.0287. The van der Waals surface area contributed by atoms with Gasteiger partial charge in [0.15, 0.2) is 0 Å². The van der Waals surface area contributed by atoms with Crippen LogP contribution in [0.25, 0.3) is 0 Å². The molecule has 208 valence electrons. The van der Waals surface area contributed by atoms with E-state index in [4.69, 9.17) is 10.1 Å². The van der Waals surface area contributed by atoms with E-state index < -0.39 is 23.4 Å². The van der Waals surface area contributed by atoms with Crippen molar-refractivity contribution >= 4 is 23.5 Å². The Balaban J connectivity index is 1.52. The molecule has 1 aliphatic heterocycles. The molecule has 1 heterocycles. The van der Waals surface area contributed by atoms with Crippen LogP contribution in [0.15, 0.2) is 53.5 Å². The quantitative estimate of drug-likeness (QED) is 0.461. The van der Waals surface area contributed by atoms with Crippen LogP contribution in [0.4, 0.5) is 13.2 Å². The Morgan fingerprint density at radius 1 is 1.10 bits per heavy atom. The zero-order valence-corrected chi connectivity index (χ0v) is 21.8. The van der Waals surface area contributed by atoms with Gasteiger partial charge < -0.3 is 15.3 Å². The van der Waals surface area contributed by atoms with E-state index in [2.05, 4.69) is 5.32 Å². The van der Waals surface area contributed by atoms with Crippen LogP contribution in [0.1, 0.15) is 72.5 Å². The van der Waals surface area contributed by atoms with Gasteiger partial charge in [-0.25, -0.2) is 0 Å². The van der Waals surface area contributed by atoms with Gasteiger partial charge in [0.25, 0.3) is 11.8 Å². The second-order valence-corrected chi connectivity index (χ2v) is 10.3. The van der Waals surface area contributed by atoms with Gasteiger partial charge in [0, 0.05) is 30.1 Å². The molecular formula is C29H32F3N3O4. The van der Waals surface area contributed by atoms with Crippen LogP contribution < -0.4 is 5.32 Å². The van der Waals surface area contributed by atoms with Gasteiger partial charge in [0.05, 0.1) is 12.0 Å². The molecule has 2 aromatic carbocycles. The van der Waals surface area contributed by atoms with Crippen LogP contribution in [0.5, 0.6) is 0 Å². The van der Waals surface area contributed by atoms with Gasteiger partial charge in [-0.2, -0.15) is 13.2 Å². The molecule has 0 spiro atoms. The molecule has 2 amide bonds. The molecule has 2 aliphatic rings. The molecule has 2 N–H and O–H groups in total. The number of carbonyl (C=O) groups excluding carboxylic acids is 2. The summed E-state index contributed by atoms with van der Waals surface area (Å²) < 4.78 is 40.1. The highest BCUT2D eigenvalue weighted by molar-refractivity contribution is 6.46. The first kappa shape index (κ1) is 28.3. The molecule has 1 fully saturated rings. The third-order valence-corrected chi connectivity index (χ3v) is 7.64. The van der Waals surface area contributed by atoms with E-state index in [0.717, 1.165) is 49.8 Å². The summed E-state index contributed by atoms with van der Waals surface area (Å²) >= 11 is 0. The van der Waals surface area contributed by atoms with Crippen LogP contribution in [0.2, 0.25) is 0 Å². The molecule has 0 saturated heterocycles. The molecule has 0 bridgehead atoms. The number of carbonyl (C=O) groups is 3. The molecule has 0 radical (unpaired) electrons. The number of halogens is 3. The highest BCUT2D eigenvalue weighted by atomic mass is 19.4. The number of hydrogen-bond donors (Lipinski definition) is 2. The molecule has 7 nitrogen and oxygen atoms in total. The number of hydrogen-bond acceptors (Lipinski definition) is 4. The standard InChI is InChI=1S/C29H32F3N3O4/c1-28(22-7-3-2-4-8-22)34-25(21-6-5-9-23(18-21)29(30,31)32)27(39)35(28)17-15-19-10-12-20(13-11-19)26(38)33-16-14-24(36)37/h5-6,9-13,18,22H,2-4,7-8,14-17H2,1H3,(H,33,38)(H,36,37). The van der Waals surface area contributed by atoms with E-state index in [0.29, 0.717) is 18.5 Å². The molecule has 1 aliphatic carbocycles. The number of aliphatic carboxylic acids is 1. The maximum absolute atomic E-state index is 13.7. The topological polar surface area (TPSA) is 99.1 Å². The Kier molecular flexibility index (Phi) is 8.42. The molecular weight excluding hydrogens is 511 g/mol. The summed E-state index contributed by atoms with van der Waals surface area (Å²) in [6.07, 6.45) is 0.722. The predicted octanol–water partition coefficient (Wildman–Crippen LogP) is 5.08. The smallest absolute Gasteiger partial charge is 0.416 e. The van der Waals surface area contributed by atoms with Crippen molar-refractivity contribution in [3.8, 4) is 0 Å². The Hall–Kier alpha value is -3.69. The van der Waals surface area contributed by atoms with Crippen molar-refractivity contribution < 1.29 is 32.7 Å². The van der Waals surface area contributed by atoms with Crippen LogP contribution in [-0.2, 0) is 22.2 Å². The van der Waals surface area contributed by atoms with Gasteiger partial charge in [-0.15, -0.1) is 0 Å². The van der Waals surface area contributed by atoms with Gasteiger partial charge in [0.2, 0.25) is 0 Å². The van der Waals surface area contributed by atoms with E-state index >= 15 is 0 Å². The highest BCUT2D eigenvalue weighted by Gasteiger charge is 2.48. The Morgan fingerprint density at radius 2 is 1.79 bits per heavy atom. The second kappa shape index (κ2) is 11.6. The van der Waals surface area contributed by atoms with Crippen molar-refractivity contribution in [2.45, 2.75) is 63.7 Å². The summed E-state index contributed by atoms with van der Waals surface area (Å²) in [5.74, 6) is -1.64. The van der Waals surface area contributed by atoms with E-state index in [-0.39, 0.29) is 42.0 Å². The second-order valence-electron chi connectivity index (χ2n) is 10.3. The zero-order chi connectivity index (χ0) is 28.2. The van der Waals surface area contributed by atoms with Crippen molar-refractivity contribution in [2.24, 2.45) is 10.9 Å². The minimum atomic E-state index is -4.52. The van der Waals surface area contributed by atoms with E-state index in [1.165, 1.54) is 12.1 Å². The first-order chi connectivity index (χ1) is 18.5. The van der Waals surface area contributed by atoms with Gasteiger partial charge in [-0.3, -0.25) is 19.4 Å². The summed E-state index contributed by atoms with van der Waals surface area (Å²) in [6, 6.07) is 11.6. The number of nitrogens with zero attached hydrogens (tertiary/aromatic N) is 2. The molecule has 1 atom stereocenters. The number of benzene rings is 2. The molecule has 1 unspecified atom stereocenters. The number of nitrogens with one attached hydrogen (secondary N) is 1. The maximum atomic E-state index is 13.7. The average molecular weight is 544 g/mol. The fraction of sp³-hybridized carbons (Fsp3) is 0.448. The number of carboxylic acids is 1. The number of aliphatic imine (C=N–C) groups is 1. The van der Waals surface area contributed by atoms with Crippen molar-refractivity contribution in [1.82, 2.24) is 10.2 Å². The lowest BCUT2D eigenvalue weighted by Crippen LogP contribution is -2.51. The largest absolute Gasteiger partial charge is 0.481 e. The predicted molar refractivity (Wildman–Crippen MR) is 139 cm³/mol. The van der Waals surface area contributed by atoms with Crippen LogP contribution >= 0.6 is 0 Å². The van der Waals surface area contributed by atoms with Crippen LogP contribution in [-0.4, -0.2) is 52.3 Å². The van der Waals surface area contributed by atoms with Gasteiger partial charge >= 0.3 is 12.1 Å². The van der Waals surface area contributed by atoms with Crippen LogP contribution in [0.3, 0.4) is 0 Å². The monoisotopic (exact) mass is 543 g/mol. The van der Waals surface area contributed by atoms with Gasteiger partial charge in [-0.1, -0.05) is 43.5 Å². The molecule has 0 aromatic heterocycles. The van der Waals surface area contributed by atoms with Crippen molar-refractivity contribution in [2.75, 3.05) is 13.1 Å². The molecule has 1 saturated carbocycles. The van der Waals surface area contributed by atoms with E-state index in [9.17, 15) is 27.6 Å². The third-order valence-electron chi connectivity index (χ3n) is 7.64. The summed E-state index contributed by atoms with van der Waals surface area (Å²) in [5.41, 5.74) is -0.182. The summed E-state index contributed by atoms with van der Waals surface area (Å²) in [6.45, 7) is 2.26. The third kappa shape index (κ3) is 6.49. The van der Waals surface area contributed by atoms with Gasteiger partial charge in [-0.05, 0) is 56.0 Å². The fourth-order valence-electron chi connectivity index (χ4n) is 5.44. The number of carboxylic acid groups (broad SMARTS) is 1. The number of alkyl halides is 3. The molecule has 10 heteroatoms. The summed E-state index contributed by atoms with van der Waals surface area (Å²) in [5, 5.41) is 11.3. The Morgan fingerprint density at radius 3 is 2.44 bits per heavy atom. The highest BCUT2D eigenvalue weighted by Crippen LogP contribution is 2.41. The SMILES string of the molecule is CC1(C2CCCCC2)N=C(c2cccc(C(F)(F)F)c2)C(=O)N1CCc1ccc(C(=O)NCCC(=O)O)cc1. The zero-order valence-electron chi connectivity index (χ0n) is 21.8. The average Bonchev–Trinajstić information content (AvgIpc) is 3.18. The first-order valence-electron chi connectivity index (χ1n) is 13.2. The van der Waals surface area contributed by atoms with E-state index in [1.54, 1.807) is 29.2 Å². The number of amides is 2. The lowest BCUT2D eigenvalue weighted by Gasteiger charge is -2.41. The summed E-state index contributed by atoms with van der Waals surface area (Å²) in [7, 11) is 0. The lowest BCUT2D eigenvalue weighted by molar-refractivity contribution is -0.138. The Bertz CT molecular complexity index is 1250. The Labute approximate surface area is 225 Å². The lowest BCUT2D eigenvalue weighted by atomic mass is 9.80. The van der Waals surface area contributed by atoms with Gasteiger partial charge in [0.1, 0.15) is 11.4 Å².